The Morgan fingerprint density at radius 3 is 2.14 bits per heavy atom. The Morgan fingerprint density at radius 2 is 1.62 bits per heavy atom. The molecule has 1 aromatic carbocycles. The standard InChI is InChI=1S/C18H15F6N3O2/c19-17(20,21)12-7-11(8-13(9-12)18(22,23)24)16(29)25-5-6-27-15(28)4-3-14(26-27)10-1-2-10/h3-4,7-10H,1-2,5-6H2,(H,25,29). The molecule has 3 rings (SSSR count). The number of halogens is 6. The second-order valence-corrected chi connectivity index (χ2v) is 6.64. The molecule has 0 atom stereocenters. The van der Waals surface area contributed by atoms with Gasteiger partial charge in [0, 0.05) is 24.1 Å². The molecule has 0 saturated heterocycles. The predicted molar refractivity (Wildman–Crippen MR) is 89.3 cm³/mol. The van der Waals surface area contributed by atoms with Crippen LogP contribution in [0.15, 0.2) is 35.1 Å². The highest BCUT2D eigenvalue weighted by Gasteiger charge is 2.37. The summed E-state index contributed by atoms with van der Waals surface area (Å²) in [7, 11) is 0. The van der Waals surface area contributed by atoms with E-state index < -0.39 is 40.5 Å². The van der Waals surface area contributed by atoms with Crippen LogP contribution >= 0.6 is 0 Å². The number of carbonyl (C=O) groups is 1. The van der Waals surface area contributed by atoms with Crippen molar-refractivity contribution in [2.45, 2.75) is 37.7 Å². The van der Waals surface area contributed by atoms with Crippen LogP contribution < -0.4 is 10.9 Å². The minimum atomic E-state index is -5.04. The van der Waals surface area contributed by atoms with Gasteiger partial charge < -0.3 is 5.32 Å². The fourth-order valence-electron chi connectivity index (χ4n) is 2.69. The number of nitrogens with zero attached hydrogens (tertiary/aromatic N) is 2. The molecule has 1 N–H and O–H groups in total. The van der Waals surface area contributed by atoms with Crippen molar-refractivity contribution in [1.29, 1.82) is 0 Å². The first-order valence-electron chi connectivity index (χ1n) is 8.61. The number of carbonyl (C=O) groups excluding carboxylic acids is 1. The number of rotatable bonds is 5. The zero-order chi connectivity index (χ0) is 21.4. The van der Waals surface area contributed by atoms with Gasteiger partial charge in [0.25, 0.3) is 11.5 Å². The van der Waals surface area contributed by atoms with Crippen molar-refractivity contribution in [2.75, 3.05) is 6.54 Å². The van der Waals surface area contributed by atoms with Crippen molar-refractivity contribution < 1.29 is 31.1 Å². The van der Waals surface area contributed by atoms with Gasteiger partial charge in [0.2, 0.25) is 0 Å². The molecule has 0 unspecified atom stereocenters. The topological polar surface area (TPSA) is 64.0 Å². The number of hydrogen-bond donors (Lipinski definition) is 1. The van der Waals surface area contributed by atoms with Gasteiger partial charge in [0.1, 0.15) is 0 Å². The normalized spacial score (nSPS) is 14.7. The van der Waals surface area contributed by atoms with E-state index in [4.69, 9.17) is 0 Å². The first-order chi connectivity index (χ1) is 13.4. The maximum Gasteiger partial charge on any atom is 0.416 e. The van der Waals surface area contributed by atoms with Crippen molar-refractivity contribution in [3.8, 4) is 0 Å². The van der Waals surface area contributed by atoms with Crippen LogP contribution in [0.3, 0.4) is 0 Å². The van der Waals surface area contributed by atoms with Crippen LogP contribution in [-0.4, -0.2) is 22.2 Å². The number of nitrogens with one attached hydrogen (secondary N) is 1. The molecule has 1 aliphatic carbocycles. The molecule has 1 fully saturated rings. The summed E-state index contributed by atoms with van der Waals surface area (Å²) in [6.45, 7) is -0.270. The molecule has 156 valence electrons. The lowest BCUT2D eigenvalue weighted by Gasteiger charge is -2.14. The molecule has 0 bridgehead atoms. The van der Waals surface area contributed by atoms with E-state index in [0.29, 0.717) is 12.1 Å². The zero-order valence-electron chi connectivity index (χ0n) is 14.8. The van der Waals surface area contributed by atoms with Crippen molar-refractivity contribution in [1.82, 2.24) is 15.1 Å². The minimum absolute atomic E-state index is 0.0519. The average molecular weight is 419 g/mol. The summed E-state index contributed by atoms with van der Waals surface area (Å²) in [5.41, 5.74) is -3.63. The Morgan fingerprint density at radius 1 is 1.03 bits per heavy atom. The highest BCUT2D eigenvalue weighted by atomic mass is 19.4. The van der Waals surface area contributed by atoms with E-state index in [9.17, 15) is 35.9 Å². The molecular weight excluding hydrogens is 404 g/mol. The van der Waals surface area contributed by atoms with Crippen molar-refractivity contribution in [3.63, 3.8) is 0 Å². The smallest absolute Gasteiger partial charge is 0.350 e. The van der Waals surface area contributed by atoms with Gasteiger partial charge in [-0.15, -0.1) is 0 Å². The SMILES string of the molecule is O=C(NCCn1nc(C2CC2)ccc1=O)c1cc(C(F)(F)F)cc(C(F)(F)F)c1. The van der Waals surface area contributed by atoms with Crippen LogP contribution in [0.5, 0.6) is 0 Å². The quantitative estimate of drug-likeness (QED) is 0.754. The van der Waals surface area contributed by atoms with E-state index in [0.717, 1.165) is 23.2 Å². The Kier molecular flexibility index (Phi) is 5.42. The molecule has 1 saturated carbocycles. The molecule has 1 aliphatic rings. The van der Waals surface area contributed by atoms with Gasteiger partial charge in [0.05, 0.1) is 23.4 Å². The zero-order valence-corrected chi connectivity index (χ0v) is 14.8. The van der Waals surface area contributed by atoms with Crippen molar-refractivity contribution in [3.05, 3.63) is 63.1 Å². The van der Waals surface area contributed by atoms with E-state index >= 15 is 0 Å². The molecule has 29 heavy (non-hydrogen) atoms. The van der Waals surface area contributed by atoms with E-state index in [2.05, 4.69) is 10.4 Å². The Bertz CT molecular complexity index is 945. The van der Waals surface area contributed by atoms with E-state index in [1.54, 1.807) is 6.07 Å². The lowest BCUT2D eigenvalue weighted by atomic mass is 10.0. The molecule has 5 nitrogen and oxygen atoms in total. The van der Waals surface area contributed by atoms with E-state index in [1.807, 2.05) is 0 Å². The molecule has 1 aromatic heterocycles. The molecular formula is C18H15F6N3O2. The van der Waals surface area contributed by atoms with Crippen molar-refractivity contribution >= 4 is 5.91 Å². The van der Waals surface area contributed by atoms with Gasteiger partial charge in [0.15, 0.2) is 0 Å². The van der Waals surface area contributed by atoms with E-state index in [-0.39, 0.29) is 25.1 Å². The number of hydrogen-bond acceptors (Lipinski definition) is 3. The summed E-state index contributed by atoms with van der Waals surface area (Å²) in [5.74, 6) is -0.838. The number of benzene rings is 1. The minimum Gasteiger partial charge on any atom is -0.350 e. The van der Waals surface area contributed by atoms with Crippen LogP contribution in [0.2, 0.25) is 0 Å². The maximum atomic E-state index is 12.9. The molecule has 11 heteroatoms. The lowest BCUT2D eigenvalue weighted by molar-refractivity contribution is -0.143. The molecule has 0 radical (unpaired) electrons. The summed E-state index contributed by atoms with van der Waals surface area (Å²) >= 11 is 0. The second kappa shape index (κ2) is 7.53. The van der Waals surface area contributed by atoms with Crippen molar-refractivity contribution in [2.24, 2.45) is 0 Å². The molecule has 0 spiro atoms. The van der Waals surface area contributed by atoms with Gasteiger partial charge in [-0.3, -0.25) is 9.59 Å². The lowest BCUT2D eigenvalue weighted by Crippen LogP contribution is -2.32. The fourth-order valence-corrected chi connectivity index (χ4v) is 2.69. The summed E-state index contributed by atoms with van der Waals surface area (Å²) in [5, 5.41) is 6.37. The van der Waals surface area contributed by atoms with Gasteiger partial charge in [-0.05, 0) is 37.1 Å². The molecule has 0 aliphatic heterocycles. The van der Waals surface area contributed by atoms with Gasteiger partial charge in [-0.25, -0.2) is 4.68 Å². The highest BCUT2D eigenvalue weighted by molar-refractivity contribution is 5.94. The molecule has 2 aromatic rings. The van der Waals surface area contributed by atoms with Crippen LogP contribution in [0, 0.1) is 0 Å². The average Bonchev–Trinajstić information content (AvgIpc) is 3.46. The maximum absolute atomic E-state index is 12.9. The summed E-state index contributed by atoms with van der Waals surface area (Å²) < 4.78 is 78.4. The molecule has 1 heterocycles. The third kappa shape index (κ3) is 5.15. The van der Waals surface area contributed by atoms with Crippen LogP contribution in [0.1, 0.15) is 45.9 Å². The van der Waals surface area contributed by atoms with E-state index in [1.165, 1.54) is 6.07 Å². The van der Waals surface area contributed by atoms with Gasteiger partial charge in [-0.2, -0.15) is 31.4 Å². The fraction of sp³-hybridized carbons (Fsp3) is 0.389. The third-order valence-electron chi connectivity index (χ3n) is 4.34. The van der Waals surface area contributed by atoms with Crippen LogP contribution in [-0.2, 0) is 18.9 Å². The van der Waals surface area contributed by atoms with Crippen LogP contribution in [0.4, 0.5) is 26.3 Å². The Balaban J connectivity index is 1.74. The summed E-state index contributed by atoms with van der Waals surface area (Å²) in [4.78, 5) is 23.9. The Labute approximate surface area is 160 Å². The first kappa shape index (κ1) is 20.9. The van der Waals surface area contributed by atoms with Gasteiger partial charge in [-0.1, -0.05) is 0 Å². The number of amides is 1. The van der Waals surface area contributed by atoms with Crippen LogP contribution in [0.25, 0.3) is 0 Å². The van der Waals surface area contributed by atoms with Gasteiger partial charge >= 0.3 is 12.4 Å². The summed E-state index contributed by atoms with van der Waals surface area (Å²) in [6.07, 6.45) is -8.18. The first-order valence-corrected chi connectivity index (χ1v) is 8.61. The monoisotopic (exact) mass is 419 g/mol. The number of aromatic nitrogens is 2. The predicted octanol–water partition coefficient (Wildman–Crippen LogP) is 3.59. The molecule has 1 amide bonds. The number of alkyl halides is 6. The Hall–Kier alpha value is -2.85. The largest absolute Gasteiger partial charge is 0.416 e. The third-order valence-corrected chi connectivity index (χ3v) is 4.34. The second-order valence-electron chi connectivity index (χ2n) is 6.64. The summed E-state index contributed by atoms with van der Waals surface area (Å²) in [6, 6.07) is 3.58. The highest BCUT2D eigenvalue weighted by Crippen LogP contribution is 2.38.